The van der Waals surface area contributed by atoms with Gasteiger partial charge in [0.1, 0.15) is 10.8 Å². The summed E-state index contributed by atoms with van der Waals surface area (Å²) < 4.78 is 5.57. The molecule has 2 rings (SSSR count). The van der Waals surface area contributed by atoms with Gasteiger partial charge in [-0.15, -0.1) is 21.8 Å². The minimum atomic E-state index is -0.111. The van der Waals surface area contributed by atoms with Gasteiger partial charge in [0.05, 0.1) is 17.5 Å². The number of aromatic nitrogens is 2. The van der Waals surface area contributed by atoms with Crippen molar-refractivity contribution in [2.24, 2.45) is 0 Å². The number of benzene rings is 1. The van der Waals surface area contributed by atoms with Gasteiger partial charge in [0.25, 0.3) is 0 Å². The predicted molar refractivity (Wildman–Crippen MR) is 70.8 cm³/mol. The number of para-hydroxylation sites is 1. The van der Waals surface area contributed by atoms with Gasteiger partial charge in [-0.3, -0.25) is 0 Å². The molecule has 2 aromatic rings. The van der Waals surface area contributed by atoms with E-state index in [1.54, 1.807) is 0 Å². The molecule has 1 unspecified atom stereocenters. The van der Waals surface area contributed by atoms with E-state index < -0.39 is 0 Å². The number of hydrogen-bond donors (Lipinski definition) is 0. The Kier molecular flexibility index (Phi) is 3.97. The van der Waals surface area contributed by atoms with Crippen LogP contribution in [0.2, 0.25) is 0 Å². The van der Waals surface area contributed by atoms with Gasteiger partial charge in [0.15, 0.2) is 5.01 Å². The SMILES string of the molecule is CCOc1ccccc1-c1nnc(C(C)Cl)s1. The van der Waals surface area contributed by atoms with Gasteiger partial charge < -0.3 is 4.74 Å². The van der Waals surface area contributed by atoms with Crippen LogP contribution in [-0.2, 0) is 0 Å². The molecule has 0 aliphatic carbocycles. The van der Waals surface area contributed by atoms with Gasteiger partial charge in [-0.05, 0) is 26.0 Å². The standard InChI is InChI=1S/C12H13ClN2OS/c1-3-16-10-7-5-4-6-9(10)12-15-14-11(17-12)8(2)13/h4-8H,3H2,1-2H3. The summed E-state index contributed by atoms with van der Waals surface area (Å²) in [6.45, 7) is 4.48. The lowest BCUT2D eigenvalue weighted by molar-refractivity contribution is 0.341. The van der Waals surface area contributed by atoms with Crippen molar-refractivity contribution in [3.63, 3.8) is 0 Å². The maximum Gasteiger partial charge on any atom is 0.151 e. The summed E-state index contributed by atoms with van der Waals surface area (Å²) in [7, 11) is 0. The van der Waals surface area contributed by atoms with Gasteiger partial charge in [0, 0.05) is 0 Å². The van der Waals surface area contributed by atoms with E-state index in [4.69, 9.17) is 16.3 Å². The van der Waals surface area contributed by atoms with Crippen molar-refractivity contribution in [1.82, 2.24) is 10.2 Å². The van der Waals surface area contributed by atoms with Gasteiger partial charge >= 0.3 is 0 Å². The molecular weight excluding hydrogens is 256 g/mol. The van der Waals surface area contributed by atoms with E-state index in [1.807, 2.05) is 38.1 Å². The van der Waals surface area contributed by atoms with Crippen LogP contribution < -0.4 is 4.74 Å². The average Bonchev–Trinajstić information content (AvgIpc) is 2.79. The topological polar surface area (TPSA) is 35.0 Å². The fourth-order valence-corrected chi connectivity index (χ4v) is 2.41. The molecule has 0 amide bonds. The Morgan fingerprint density at radius 3 is 2.76 bits per heavy atom. The normalized spacial score (nSPS) is 12.4. The Bertz CT molecular complexity index is 499. The molecular formula is C12H13ClN2OS. The predicted octanol–water partition coefficient (Wildman–Crippen LogP) is 3.90. The molecule has 0 bridgehead atoms. The van der Waals surface area contributed by atoms with Crippen molar-refractivity contribution in [3.05, 3.63) is 29.3 Å². The molecule has 3 nitrogen and oxygen atoms in total. The quantitative estimate of drug-likeness (QED) is 0.789. The van der Waals surface area contributed by atoms with Crippen LogP contribution in [-0.4, -0.2) is 16.8 Å². The van der Waals surface area contributed by atoms with Crippen LogP contribution in [0, 0.1) is 0 Å². The number of rotatable bonds is 4. The molecule has 0 aliphatic heterocycles. The van der Waals surface area contributed by atoms with E-state index in [2.05, 4.69) is 10.2 Å². The second-order valence-electron chi connectivity index (χ2n) is 3.49. The summed E-state index contributed by atoms with van der Waals surface area (Å²) in [4.78, 5) is 0. The highest BCUT2D eigenvalue weighted by Crippen LogP contribution is 2.34. The van der Waals surface area contributed by atoms with Crippen LogP contribution >= 0.6 is 22.9 Å². The monoisotopic (exact) mass is 268 g/mol. The fourth-order valence-electron chi connectivity index (χ4n) is 1.43. The molecule has 1 atom stereocenters. The van der Waals surface area contributed by atoms with Crippen molar-refractivity contribution < 1.29 is 4.74 Å². The van der Waals surface area contributed by atoms with Gasteiger partial charge in [0.2, 0.25) is 0 Å². The third-order valence-electron chi connectivity index (χ3n) is 2.20. The van der Waals surface area contributed by atoms with Crippen LogP contribution in [0.5, 0.6) is 5.75 Å². The highest BCUT2D eigenvalue weighted by molar-refractivity contribution is 7.15. The zero-order chi connectivity index (χ0) is 12.3. The summed E-state index contributed by atoms with van der Waals surface area (Å²) in [5.74, 6) is 0.833. The number of nitrogens with zero attached hydrogens (tertiary/aromatic N) is 2. The zero-order valence-corrected chi connectivity index (χ0v) is 11.3. The largest absolute Gasteiger partial charge is 0.493 e. The Morgan fingerprint density at radius 2 is 2.12 bits per heavy atom. The lowest BCUT2D eigenvalue weighted by atomic mass is 10.2. The molecule has 1 heterocycles. The molecule has 1 aromatic carbocycles. The minimum Gasteiger partial charge on any atom is -0.493 e. The van der Waals surface area contributed by atoms with Crippen molar-refractivity contribution >= 4 is 22.9 Å². The number of alkyl halides is 1. The molecule has 5 heteroatoms. The van der Waals surface area contributed by atoms with E-state index >= 15 is 0 Å². The first-order chi connectivity index (χ1) is 8.22. The maximum atomic E-state index is 5.98. The fraction of sp³-hybridized carbons (Fsp3) is 0.333. The molecule has 90 valence electrons. The Labute approximate surface area is 109 Å². The van der Waals surface area contributed by atoms with Crippen LogP contribution in [0.1, 0.15) is 24.2 Å². The lowest BCUT2D eigenvalue weighted by Gasteiger charge is -2.06. The van der Waals surface area contributed by atoms with Crippen molar-refractivity contribution in [3.8, 4) is 16.3 Å². The lowest BCUT2D eigenvalue weighted by Crippen LogP contribution is -1.93. The highest BCUT2D eigenvalue weighted by Gasteiger charge is 2.13. The molecule has 0 spiro atoms. The average molecular weight is 269 g/mol. The van der Waals surface area contributed by atoms with E-state index in [-0.39, 0.29) is 5.38 Å². The molecule has 0 aliphatic rings. The number of halogens is 1. The maximum absolute atomic E-state index is 5.98. The van der Waals surface area contributed by atoms with E-state index in [0.717, 1.165) is 21.3 Å². The van der Waals surface area contributed by atoms with E-state index in [9.17, 15) is 0 Å². The summed E-state index contributed by atoms with van der Waals surface area (Å²) in [5, 5.41) is 9.79. The first-order valence-corrected chi connectivity index (χ1v) is 6.67. The molecule has 0 N–H and O–H groups in total. The second-order valence-corrected chi connectivity index (χ2v) is 5.15. The van der Waals surface area contributed by atoms with Crippen molar-refractivity contribution in [2.75, 3.05) is 6.61 Å². The second kappa shape index (κ2) is 5.47. The Balaban J connectivity index is 2.38. The van der Waals surface area contributed by atoms with Crippen LogP contribution in [0.3, 0.4) is 0 Å². The zero-order valence-electron chi connectivity index (χ0n) is 9.68. The van der Waals surface area contributed by atoms with Gasteiger partial charge in [-0.2, -0.15) is 0 Å². The van der Waals surface area contributed by atoms with Crippen LogP contribution in [0.15, 0.2) is 24.3 Å². The molecule has 0 radical (unpaired) electrons. The Hall–Kier alpha value is -1.13. The van der Waals surface area contributed by atoms with Crippen LogP contribution in [0.25, 0.3) is 10.6 Å². The highest BCUT2D eigenvalue weighted by atomic mass is 35.5. The smallest absolute Gasteiger partial charge is 0.151 e. The third-order valence-corrected chi connectivity index (χ3v) is 3.67. The molecule has 17 heavy (non-hydrogen) atoms. The van der Waals surface area contributed by atoms with Crippen LogP contribution in [0.4, 0.5) is 0 Å². The number of hydrogen-bond acceptors (Lipinski definition) is 4. The Morgan fingerprint density at radius 1 is 1.35 bits per heavy atom. The molecule has 0 fully saturated rings. The van der Waals surface area contributed by atoms with Crippen molar-refractivity contribution in [1.29, 1.82) is 0 Å². The molecule has 0 saturated heterocycles. The van der Waals surface area contributed by atoms with Gasteiger partial charge in [-0.1, -0.05) is 23.5 Å². The first-order valence-electron chi connectivity index (χ1n) is 5.42. The third kappa shape index (κ3) is 2.76. The summed E-state index contributed by atoms with van der Waals surface area (Å²) in [5.41, 5.74) is 0.968. The molecule has 1 aromatic heterocycles. The number of ether oxygens (including phenoxy) is 1. The summed E-state index contributed by atoms with van der Waals surface area (Å²) in [6.07, 6.45) is 0. The van der Waals surface area contributed by atoms with E-state index in [0.29, 0.717) is 6.61 Å². The summed E-state index contributed by atoms with van der Waals surface area (Å²) in [6, 6.07) is 7.82. The minimum absolute atomic E-state index is 0.111. The van der Waals surface area contributed by atoms with Gasteiger partial charge in [-0.25, -0.2) is 0 Å². The molecule has 0 saturated carbocycles. The summed E-state index contributed by atoms with van der Waals surface area (Å²) >= 11 is 7.48. The first kappa shape index (κ1) is 12.3. The van der Waals surface area contributed by atoms with E-state index in [1.165, 1.54) is 11.3 Å². The van der Waals surface area contributed by atoms with Crippen molar-refractivity contribution in [2.45, 2.75) is 19.2 Å².